The summed E-state index contributed by atoms with van der Waals surface area (Å²) in [6, 6.07) is 5.22. The van der Waals surface area contributed by atoms with E-state index in [9.17, 15) is 26.3 Å². The normalized spacial score (nSPS) is 19.5. The summed E-state index contributed by atoms with van der Waals surface area (Å²) in [7, 11) is 0. The fourth-order valence-electron chi connectivity index (χ4n) is 4.23. The standard InChI is InChI=1S/C27H26F6O/c1-4-18(19-8-5-16(2)6-9-19)10-7-17(3)20-11-12-22(23(28)13-20)21-14-24(29)26(25(30)15-21)34-27(31,32)33/h4,7,10-16,19H,3,5-6,8-9H2,1-2H3. The minimum Gasteiger partial charge on any atom is -0.399 e. The van der Waals surface area contributed by atoms with E-state index in [1.54, 1.807) is 6.07 Å². The molecule has 1 aliphatic rings. The fraction of sp³-hybridized carbons (Fsp3) is 0.333. The van der Waals surface area contributed by atoms with Gasteiger partial charge in [-0.15, -0.1) is 13.2 Å². The van der Waals surface area contributed by atoms with Crippen molar-refractivity contribution in [1.29, 1.82) is 0 Å². The minimum atomic E-state index is -5.26. The number of halogens is 6. The second kappa shape index (κ2) is 10.5. The molecule has 182 valence electrons. The van der Waals surface area contributed by atoms with Gasteiger partial charge >= 0.3 is 6.36 Å². The summed E-state index contributed by atoms with van der Waals surface area (Å²) in [4.78, 5) is 0. The summed E-state index contributed by atoms with van der Waals surface area (Å²) in [5, 5.41) is 0. The van der Waals surface area contributed by atoms with Crippen LogP contribution in [0.25, 0.3) is 16.7 Å². The highest BCUT2D eigenvalue weighted by molar-refractivity contribution is 5.75. The molecule has 2 aromatic carbocycles. The van der Waals surface area contributed by atoms with E-state index < -0.39 is 29.6 Å². The topological polar surface area (TPSA) is 9.23 Å². The fourth-order valence-corrected chi connectivity index (χ4v) is 4.23. The molecule has 34 heavy (non-hydrogen) atoms. The third-order valence-corrected chi connectivity index (χ3v) is 6.16. The van der Waals surface area contributed by atoms with Crippen LogP contribution in [-0.4, -0.2) is 6.36 Å². The zero-order valence-electron chi connectivity index (χ0n) is 19.0. The summed E-state index contributed by atoms with van der Waals surface area (Å²) in [6.07, 6.45) is 5.24. The minimum absolute atomic E-state index is 0.164. The molecule has 0 aliphatic heterocycles. The molecule has 0 bridgehead atoms. The maximum absolute atomic E-state index is 14.8. The molecule has 0 heterocycles. The molecule has 1 nitrogen and oxygen atoms in total. The van der Waals surface area contributed by atoms with E-state index >= 15 is 0 Å². The van der Waals surface area contributed by atoms with Crippen LogP contribution in [0.5, 0.6) is 5.75 Å². The maximum Gasteiger partial charge on any atom is 0.573 e. The molecule has 0 aromatic heterocycles. The largest absolute Gasteiger partial charge is 0.573 e. The summed E-state index contributed by atoms with van der Waals surface area (Å²) in [5.74, 6) is -4.32. The van der Waals surface area contributed by atoms with Crippen LogP contribution in [0.1, 0.15) is 45.1 Å². The van der Waals surface area contributed by atoms with Crippen molar-refractivity contribution in [2.45, 2.75) is 45.9 Å². The van der Waals surface area contributed by atoms with E-state index in [1.807, 2.05) is 19.1 Å². The summed E-state index contributed by atoms with van der Waals surface area (Å²) >= 11 is 0. The smallest absolute Gasteiger partial charge is 0.399 e. The van der Waals surface area contributed by atoms with Crippen molar-refractivity contribution in [1.82, 2.24) is 0 Å². The van der Waals surface area contributed by atoms with Crippen molar-refractivity contribution in [3.8, 4) is 16.9 Å². The van der Waals surface area contributed by atoms with Gasteiger partial charge < -0.3 is 4.74 Å². The SMILES string of the molecule is C=C(C=CC(=CC)C1CCC(C)CC1)c1ccc(-c2cc(F)c(OC(F)(F)F)c(F)c2)c(F)c1. The molecule has 0 radical (unpaired) electrons. The average molecular weight is 480 g/mol. The molecule has 3 rings (SSSR count). The van der Waals surface area contributed by atoms with Gasteiger partial charge in [-0.2, -0.15) is 0 Å². The van der Waals surface area contributed by atoms with Gasteiger partial charge in [0.2, 0.25) is 5.75 Å². The first kappa shape index (κ1) is 25.7. The van der Waals surface area contributed by atoms with Crippen LogP contribution >= 0.6 is 0 Å². The first-order valence-electron chi connectivity index (χ1n) is 11.1. The van der Waals surface area contributed by atoms with Gasteiger partial charge in [0.1, 0.15) is 5.82 Å². The number of benzene rings is 2. The van der Waals surface area contributed by atoms with Crippen LogP contribution in [0.2, 0.25) is 0 Å². The molecule has 0 N–H and O–H groups in total. The highest BCUT2D eigenvalue weighted by Crippen LogP contribution is 2.35. The second-order valence-corrected chi connectivity index (χ2v) is 8.62. The van der Waals surface area contributed by atoms with Crippen LogP contribution in [0.3, 0.4) is 0 Å². The number of hydrogen-bond acceptors (Lipinski definition) is 1. The molecule has 1 fully saturated rings. The predicted octanol–water partition coefficient (Wildman–Crippen LogP) is 9.01. The van der Waals surface area contributed by atoms with Gasteiger partial charge in [-0.3, -0.25) is 0 Å². The number of allylic oxidation sites excluding steroid dienone is 5. The van der Waals surface area contributed by atoms with Crippen molar-refractivity contribution in [2.75, 3.05) is 0 Å². The number of ether oxygens (including phenoxy) is 1. The summed E-state index contributed by atoms with van der Waals surface area (Å²) < 4.78 is 83.2. The van der Waals surface area contributed by atoms with Crippen molar-refractivity contribution in [2.24, 2.45) is 11.8 Å². The quantitative estimate of drug-likeness (QED) is 0.296. The Kier molecular flexibility index (Phi) is 7.95. The molecule has 0 atom stereocenters. The zero-order valence-corrected chi connectivity index (χ0v) is 19.0. The highest BCUT2D eigenvalue weighted by Gasteiger charge is 2.34. The Morgan fingerprint density at radius 3 is 2.09 bits per heavy atom. The summed E-state index contributed by atoms with van der Waals surface area (Å²) in [5.41, 5.74) is 1.82. The Labute approximate surface area is 195 Å². The Hall–Kier alpha value is -2.96. The monoisotopic (exact) mass is 480 g/mol. The molecule has 0 amide bonds. The molecule has 0 unspecified atom stereocenters. The van der Waals surface area contributed by atoms with Gasteiger partial charge in [-0.05, 0) is 72.1 Å². The lowest BCUT2D eigenvalue weighted by molar-refractivity contribution is -0.276. The van der Waals surface area contributed by atoms with Crippen molar-refractivity contribution in [3.05, 3.63) is 83.7 Å². The van der Waals surface area contributed by atoms with Gasteiger partial charge in [0.25, 0.3) is 0 Å². The van der Waals surface area contributed by atoms with Crippen LogP contribution in [0.4, 0.5) is 26.3 Å². The third-order valence-electron chi connectivity index (χ3n) is 6.16. The molecule has 1 aliphatic carbocycles. The van der Waals surface area contributed by atoms with Crippen LogP contribution < -0.4 is 4.74 Å². The lowest BCUT2D eigenvalue weighted by Crippen LogP contribution is -2.19. The van der Waals surface area contributed by atoms with Gasteiger partial charge in [0.15, 0.2) is 11.6 Å². The molecule has 2 aromatic rings. The molecule has 1 saturated carbocycles. The summed E-state index contributed by atoms with van der Waals surface area (Å²) in [6.45, 7) is 8.23. The average Bonchev–Trinajstić information content (AvgIpc) is 2.76. The number of alkyl halides is 3. The lowest BCUT2D eigenvalue weighted by atomic mass is 9.79. The van der Waals surface area contributed by atoms with E-state index in [1.165, 1.54) is 30.5 Å². The highest BCUT2D eigenvalue weighted by atomic mass is 19.4. The lowest BCUT2D eigenvalue weighted by Gasteiger charge is -2.27. The molecule has 0 saturated heterocycles. The van der Waals surface area contributed by atoms with E-state index in [4.69, 9.17) is 0 Å². The van der Waals surface area contributed by atoms with Gasteiger partial charge in [-0.25, -0.2) is 13.2 Å². The van der Waals surface area contributed by atoms with Crippen molar-refractivity contribution < 1.29 is 31.1 Å². The Bertz CT molecular complexity index is 1080. The van der Waals surface area contributed by atoms with Gasteiger partial charge in [-0.1, -0.05) is 56.7 Å². The van der Waals surface area contributed by atoms with Crippen molar-refractivity contribution >= 4 is 5.57 Å². The Morgan fingerprint density at radius 2 is 1.56 bits per heavy atom. The zero-order chi connectivity index (χ0) is 25.0. The van der Waals surface area contributed by atoms with Crippen LogP contribution in [0.15, 0.2) is 60.7 Å². The van der Waals surface area contributed by atoms with E-state index in [0.29, 0.717) is 29.2 Å². The third kappa shape index (κ3) is 6.33. The van der Waals surface area contributed by atoms with Crippen LogP contribution in [0, 0.1) is 29.3 Å². The van der Waals surface area contributed by atoms with E-state index in [2.05, 4.69) is 24.3 Å². The molecular formula is C27H26F6O. The molecule has 7 heteroatoms. The first-order chi connectivity index (χ1) is 16.0. The second-order valence-electron chi connectivity index (χ2n) is 8.62. The first-order valence-corrected chi connectivity index (χ1v) is 11.1. The Balaban J connectivity index is 1.78. The molecule has 0 spiro atoms. The van der Waals surface area contributed by atoms with Crippen LogP contribution in [-0.2, 0) is 0 Å². The van der Waals surface area contributed by atoms with E-state index in [0.717, 1.165) is 18.8 Å². The predicted molar refractivity (Wildman–Crippen MR) is 121 cm³/mol. The van der Waals surface area contributed by atoms with Gasteiger partial charge in [0.05, 0.1) is 0 Å². The van der Waals surface area contributed by atoms with Gasteiger partial charge in [0, 0.05) is 5.56 Å². The number of hydrogen-bond donors (Lipinski definition) is 0. The number of rotatable bonds is 6. The maximum atomic E-state index is 14.8. The van der Waals surface area contributed by atoms with E-state index in [-0.39, 0.29) is 11.1 Å². The molecular weight excluding hydrogens is 454 g/mol. The Morgan fingerprint density at radius 1 is 0.941 bits per heavy atom. The van der Waals surface area contributed by atoms with Crippen molar-refractivity contribution in [3.63, 3.8) is 0 Å².